The standard InChI is InChI=1S/C36H45BrN4O6/c1-20(14-21(2)16-23(4)42)15-22(3)34(44)38-24(5)36(46)41(6)31(18-28-27-12-7-8-13-29(27)39-33(28)37)35(45)40-30-19-32(43)47-26-11-9-10-25(30)17-26/h7-14,17,21-24,30-31,39,42H,15-16,18-19H2,1-6H3,(H,38,44)(H,40,45)/b20-14+/t21-,22-,23-,24-,30?,31-/m0/s1. The van der Waals surface area contributed by atoms with Gasteiger partial charge < -0.3 is 30.4 Å². The van der Waals surface area contributed by atoms with Crippen molar-refractivity contribution in [1.29, 1.82) is 0 Å². The predicted molar refractivity (Wildman–Crippen MR) is 184 cm³/mol. The summed E-state index contributed by atoms with van der Waals surface area (Å²) >= 11 is 3.60. The van der Waals surface area contributed by atoms with E-state index in [1.807, 2.05) is 51.1 Å². The molecule has 1 aliphatic rings. The van der Waals surface area contributed by atoms with E-state index < -0.39 is 47.9 Å². The summed E-state index contributed by atoms with van der Waals surface area (Å²) in [5, 5.41) is 16.4. The molecule has 1 aliphatic heterocycles. The molecule has 10 nitrogen and oxygen atoms in total. The third-order valence-corrected chi connectivity index (χ3v) is 9.22. The lowest BCUT2D eigenvalue weighted by atomic mass is 9.95. The van der Waals surface area contributed by atoms with Crippen molar-refractivity contribution in [3.05, 3.63) is 75.9 Å². The van der Waals surface area contributed by atoms with Gasteiger partial charge in [-0.3, -0.25) is 19.2 Å². The Balaban J connectivity index is 1.53. The second kappa shape index (κ2) is 15.8. The van der Waals surface area contributed by atoms with E-state index in [9.17, 15) is 24.3 Å². The van der Waals surface area contributed by atoms with Gasteiger partial charge in [-0.05, 0) is 84.8 Å². The first-order valence-electron chi connectivity index (χ1n) is 16.0. The summed E-state index contributed by atoms with van der Waals surface area (Å²) in [6, 6.07) is 12.2. The second-order valence-electron chi connectivity index (χ2n) is 12.9. The van der Waals surface area contributed by atoms with Crippen LogP contribution < -0.4 is 15.4 Å². The molecule has 252 valence electrons. The van der Waals surface area contributed by atoms with Crippen molar-refractivity contribution in [2.75, 3.05) is 7.05 Å². The molecule has 0 spiro atoms. The van der Waals surface area contributed by atoms with E-state index in [1.54, 1.807) is 39.1 Å². The molecule has 0 radical (unpaired) electrons. The fourth-order valence-electron chi connectivity index (χ4n) is 6.23. The molecule has 0 aliphatic carbocycles. The van der Waals surface area contributed by atoms with Gasteiger partial charge in [0.05, 0.1) is 23.2 Å². The summed E-state index contributed by atoms with van der Waals surface area (Å²) in [6.07, 6.45) is 2.91. The second-order valence-corrected chi connectivity index (χ2v) is 13.6. The number of ether oxygens (including phenoxy) is 1. The van der Waals surface area contributed by atoms with Crippen LogP contribution in [-0.4, -0.2) is 63.9 Å². The van der Waals surface area contributed by atoms with Gasteiger partial charge in [0.25, 0.3) is 0 Å². The molecular weight excluding hydrogens is 664 g/mol. The SMILES string of the molecule is C/C(=C\[C@H](C)C[C@H](C)O)C[C@H](C)C(=O)N[C@@H](C)C(=O)N(C)[C@@H](Cc1c(Br)[nH]c2ccccc12)C(=O)NC1CC(=O)Oc2cccc1c2. The number of aliphatic hydroxyl groups excluding tert-OH is 1. The van der Waals surface area contributed by atoms with Gasteiger partial charge in [-0.25, -0.2) is 0 Å². The molecule has 1 aromatic heterocycles. The average Bonchev–Trinajstić information content (AvgIpc) is 3.27. The summed E-state index contributed by atoms with van der Waals surface area (Å²) in [7, 11) is 1.56. The van der Waals surface area contributed by atoms with Crippen LogP contribution in [0.5, 0.6) is 5.75 Å². The Kier molecular flexibility index (Phi) is 12.0. The smallest absolute Gasteiger partial charge is 0.313 e. The fourth-order valence-corrected chi connectivity index (χ4v) is 6.82. The number of aromatic amines is 1. The van der Waals surface area contributed by atoms with Crippen molar-refractivity contribution in [2.45, 2.75) is 84.5 Å². The van der Waals surface area contributed by atoms with Crippen molar-refractivity contribution >= 4 is 50.5 Å². The van der Waals surface area contributed by atoms with Crippen molar-refractivity contribution < 1.29 is 29.0 Å². The number of allylic oxidation sites excluding steroid dienone is 2. The molecule has 4 N–H and O–H groups in total. The van der Waals surface area contributed by atoms with Gasteiger partial charge in [0.2, 0.25) is 17.7 Å². The molecule has 47 heavy (non-hydrogen) atoms. The number of hydrogen-bond donors (Lipinski definition) is 4. The lowest BCUT2D eigenvalue weighted by Crippen LogP contribution is -2.55. The van der Waals surface area contributed by atoms with Gasteiger partial charge in [-0.1, -0.05) is 55.8 Å². The van der Waals surface area contributed by atoms with E-state index in [1.165, 1.54) is 4.90 Å². The van der Waals surface area contributed by atoms with Crippen molar-refractivity contribution in [3.63, 3.8) is 0 Å². The van der Waals surface area contributed by atoms with Crippen molar-refractivity contribution in [2.24, 2.45) is 11.8 Å². The van der Waals surface area contributed by atoms with Crippen LogP contribution in [0.4, 0.5) is 0 Å². The average molecular weight is 710 g/mol. The number of esters is 1. The maximum atomic E-state index is 14.1. The van der Waals surface area contributed by atoms with E-state index in [2.05, 4.69) is 37.6 Å². The number of nitrogens with zero attached hydrogens (tertiary/aromatic N) is 1. The minimum atomic E-state index is -0.974. The topological polar surface area (TPSA) is 141 Å². The Morgan fingerprint density at radius 2 is 1.83 bits per heavy atom. The Labute approximate surface area is 284 Å². The van der Waals surface area contributed by atoms with E-state index >= 15 is 0 Å². The molecular formula is C36H45BrN4O6. The molecule has 1 unspecified atom stereocenters. The van der Waals surface area contributed by atoms with Crippen LogP contribution in [-0.2, 0) is 25.6 Å². The summed E-state index contributed by atoms with van der Waals surface area (Å²) in [6.45, 7) is 9.16. The van der Waals surface area contributed by atoms with Crippen molar-refractivity contribution in [1.82, 2.24) is 20.5 Å². The Morgan fingerprint density at radius 1 is 1.11 bits per heavy atom. The molecule has 11 heteroatoms. The Morgan fingerprint density at radius 3 is 2.55 bits per heavy atom. The molecule has 0 fully saturated rings. The molecule has 4 rings (SSSR count). The maximum Gasteiger partial charge on any atom is 0.313 e. The van der Waals surface area contributed by atoms with Crippen LogP contribution in [0.3, 0.4) is 0 Å². The quantitative estimate of drug-likeness (QED) is 0.107. The monoisotopic (exact) mass is 708 g/mol. The number of H-pyrrole nitrogens is 1. The number of amides is 3. The molecule has 6 atom stereocenters. The van der Waals surface area contributed by atoms with E-state index in [0.717, 1.165) is 27.6 Å². The number of hydrogen-bond acceptors (Lipinski definition) is 6. The van der Waals surface area contributed by atoms with Gasteiger partial charge in [0.1, 0.15) is 17.8 Å². The highest BCUT2D eigenvalue weighted by molar-refractivity contribution is 9.10. The fraction of sp³-hybridized carbons (Fsp3) is 0.444. The molecule has 0 saturated heterocycles. The first-order chi connectivity index (χ1) is 22.2. The summed E-state index contributed by atoms with van der Waals surface area (Å²) in [5.74, 6) is -1.42. The Hall–Kier alpha value is -3.96. The lowest BCUT2D eigenvalue weighted by molar-refractivity contribution is -0.142. The number of carbonyl (C=O) groups is 4. The number of para-hydroxylation sites is 1. The van der Waals surface area contributed by atoms with Gasteiger partial charge in [-0.15, -0.1) is 0 Å². The molecule has 3 amide bonds. The van der Waals surface area contributed by atoms with E-state index in [-0.39, 0.29) is 24.7 Å². The lowest BCUT2D eigenvalue weighted by Gasteiger charge is -2.31. The van der Waals surface area contributed by atoms with Gasteiger partial charge in [-0.2, -0.15) is 0 Å². The zero-order valence-electron chi connectivity index (χ0n) is 27.8. The molecule has 2 bridgehead atoms. The van der Waals surface area contributed by atoms with Crippen molar-refractivity contribution in [3.8, 4) is 5.75 Å². The normalized spacial score (nSPS) is 17.9. The number of rotatable bonds is 13. The van der Waals surface area contributed by atoms with Gasteiger partial charge in [0.15, 0.2) is 0 Å². The van der Waals surface area contributed by atoms with Gasteiger partial charge in [0, 0.05) is 30.3 Å². The molecule has 3 aromatic rings. The predicted octanol–water partition coefficient (Wildman–Crippen LogP) is 5.35. The van der Waals surface area contributed by atoms with Crippen LogP contribution >= 0.6 is 15.9 Å². The third kappa shape index (κ3) is 9.32. The van der Waals surface area contributed by atoms with Crippen LogP contribution in [0.1, 0.15) is 71.0 Å². The molecule has 2 heterocycles. The van der Waals surface area contributed by atoms with Crippen LogP contribution in [0.15, 0.2) is 64.8 Å². The highest BCUT2D eigenvalue weighted by Gasteiger charge is 2.34. The first-order valence-corrected chi connectivity index (χ1v) is 16.8. The highest BCUT2D eigenvalue weighted by atomic mass is 79.9. The van der Waals surface area contributed by atoms with Crippen LogP contribution in [0.25, 0.3) is 10.9 Å². The highest BCUT2D eigenvalue weighted by Crippen LogP contribution is 2.30. The first kappa shape index (κ1) is 35.9. The number of halogens is 1. The number of carbonyl (C=O) groups excluding carboxylic acids is 4. The number of aromatic nitrogens is 1. The zero-order valence-corrected chi connectivity index (χ0v) is 29.4. The number of aliphatic hydroxyl groups is 1. The van der Waals surface area contributed by atoms with Crippen LogP contribution in [0.2, 0.25) is 0 Å². The minimum Gasteiger partial charge on any atom is -0.426 e. The summed E-state index contributed by atoms with van der Waals surface area (Å²) < 4.78 is 6.05. The van der Waals surface area contributed by atoms with Gasteiger partial charge >= 0.3 is 5.97 Å². The van der Waals surface area contributed by atoms with E-state index in [4.69, 9.17) is 4.74 Å². The molecule has 2 aromatic carbocycles. The largest absolute Gasteiger partial charge is 0.426 e. The van der Waals surface area contributed by atoms with Crippen LogP contribution in [0, 0.1) is 11.8 Å². The third-order valence-electron chi connectivity index (χ3n) is 8.54. The maximum absolute atomic E-state index is 14.1. The molecule has 0 saturated carbocycles. The number of nitrogens with one attached hydrogen (secondary N) is 3. The summed E-state index contributed by atoms with van der Waals surface area (Å²) in [5.41, 5.74) is 3.46. The number of benzene rings is 2. The number of likely N-dealkylation sites (N-methyl/N-ethyl adjacent to an activating group) is 1. The minimum absolute atomic E-state index is 0.0591. The summed E-state index contributed by atoms with van der Waals surface area (Å²) in [4.78, 5) is 58.2. The zero-order chi connectivity index (χ0) is 34.4. The number of fused-ring (bicyclic) bond motifs is 3. The van der Waals surface area contributed by atoms with E-state index in [0.29, 0.717) is 23.2 Å². The Bertz CT molecular complexity index is 1650.